The Morgan fingerprint density at radius 3 is 2.77 bits per heavy atom. The van der Waals surface area contributed by atoms with Gasteiger partial charge in [0.25, 0.3) is 5.91 Å². The fourth-order valence-corrected chi connectivity index (χ4v) is 6.27. The summed E-state index contributed by atoms with van der Waals surface area (Å²) in [6.07, 6.45) is 3.02. The van der Waals surface area contributed by atoms with Crippen LogP contribution in [0.1, 0.15) is 39.6 Å². The highest BCUT2D eigenvalue weighted by Crippen LogP contribution is 2.40. The number of nitrogens with one attached hydrogen (secondary N) is 1. The van der Waals surface area contributed by atoms with Crippen molar-refractivity contribution < 1.29 is 9.59 Å². The topological polar surface area (TPSA) is 52.7 Å². The standard InChI is InChI=1S/C25H27N3O2S/c1-26-25(30)24-23(19-9-3-5-11-21(19)31-24)18-12-14-27(15-18)16-22(29)28-13-6-8-17-7-2-4-10-20(17)28/h2-5,7,9-11,18H,6,8,12-16H2,1H3,(H,26,30). The molecule has 6 heteroatoms. The Kier molecular flexibility index (Phi) is 5.50. The van der Waals surface area contributed by atoms with Gasteiger partial charge < -0.3 is 10.2 Å². The van der Waals surface area contributed by atoms with Crippen molar-refractivity contribution >= 4 is 38.9 Å². The third kappa shape index (κ3) is 3.75. The maximum Gasteiger partial charge on any atom is 0.261 e. The largest absolute Gasteiger partial charge is 0.354 e. The zero-order valence-corrected chi connectivity index (χ0v) is 18.6. The number of hydrogen-bond acceptors (Lipinski definition) is 4. The Balaban J connectivity index is 1.35. The van der Waals surface area contributed by atoms with E-state index in [1.165, 1.54) is 10.9 Å². The smallest absolute Gasteiger partial charge is 0.261 e. The van der Waals surface area contributed by atoms with E-state index in [9.17, 15) is 9.59 Å². The van der Waals surface area contributed by atoms with Gasteiger partial charge >= 0.3 is 0 Å². The van der Waals surface area contributed by atoms with Crippen LogP contribution in [0.2, 0.25) is 0 Å². The first kappa shape index (κ1) is 20.2. The molecule has 5 rings (SSSR count). The molecule has 31 heavy (non-hydrogen) atoms. The second kappa shape index (κ2) is 8.44. The van der Waals surface area contributed by atoms with E-state index in [0.717, 1.165) is 59.7 Å². The number of likely N-dealkylation sites (tertiary alicyclic amines) is 1. The zero-order valence-electron chi connectivity index (χ0n) is 17.8. The number of nitrogens with zero attached hydrogens (tertiary/aromatic N) is 2. The molecule has 0 spiro atoms. The molecule has 0 saturated carbocycles. The van der Waals surface area contributed by atoms with Crippen LogP contribution in [0.5, 0.6) is 0 Å². The predicted molar refractivity (Wildman–Crippen MR) is 126 cm³/mol. The molecule has 1 fully saturated rings. The van der Waals surface area contributed by atoms with Crippen LogP contribution in [0.4, 0.5) is 5.69 Å². The number of para-hydroxylation sites is 1. The number of anilines is 1. The van der Waals surface area contributed by atoms with Crippen molar-refractivity contribution in [2.24, 2.45) is 0 Å². The minimum Gasteiger partial charge on any atom is -0.354 e. The summed E-state index contributed by atoms with van der Waals surface area (Å²) in [7, 11) is 1.69. The molecule has 2 aliphatic heterocycles. The van der Waals surface area contributed by atoms with Crippen LogP contribution in [0.25, 0.3) is 10.1 Å². The van der Waals surface area contributed by atoms with Crippen LogP contribution in [0, 0.1) is 0 Å². The Labute approximate surface area is 186 Å². The lowest BCUT2D eigenvalue weighted by Crippen LogP contribution is -2.42. The molecule has 2 amide bonds. The van der Waals surface area contributed by atoms with Gasteiger partial charge in [-0.15, -0.1) is 11.3 Å². The van der Waals surface area contributed by atoms with Crippen molar-refractivity contribution in [3.63, 3.8) is 0 Å². The SMILES string of the molecule is CNC(=O)c1sc2ccccc2c1C1CCN(CC(=O)N2CCCc3ccccc32)C1. The molecular weight excluding hydrogens is 406 g/mol. The predicted octanol–water partition coefficient (Wildman–Crippen LogP) is 4.03. The highest BCUT2D eigenvalue weighted by atomic mass is 32.1. The first-order valence-electron chi connectivity index (χ1n) is 11.0. The maximum atomic E-state index is 13.2. The molecule has 160 valence electrons. The summed E-state index contributed by atoms with van der Waals surface area (Å²) in [6, 6.07) is 16.5. The Morgan fingerprint density at radius 2 is 1.90 bits per heavy atom. The second-order valence-electron chi connectivity index (χ2n) is 8.42. The van der Waals surface area contributed by atoms with Gasteiger partial charge in [0.2, 0.25) is 5.91 Å². The number of thiophene rings is 1. The molecule has 1 aromatic heterocycles. The average Bonchev–Trinajstić information content (AvgIpc) is 3.42. The van der Waals surface area contributed by atoms with Gasteiger partial charge in [-0.3, -0.25) is 14.5 Å². The van der Waals surface area contributed by atoms with Crippen molar-refractivity contribution in [3.8, 4) is 0 Å². The molecule has 3 aromatic rings. The van der Waals surface area contributed by atoms with E-state index in [2.05, 4.69) is 34.5 Å². The van der Waals surface area contributed by atoms with Gasteiger partial charge in [-0.2, -0.15) is 0 Å². The number of rotatable bonds is 4. The number of carbonyl (C=O) groups is 2. The second-order valence-corrected chi connectivity index (χ2v) is 9.47. The lowest BCUT2D eigenvalue weighted by atomic mass is 9.95. The fraction of sp³-hybridized carbons (Fsp3) is 0.360. The summed E-state index contributed by atoms with van der Waals surface area (Å²) in [5, 5.41) is 3.97. The number of fused-ring (bicyclic) bond motifs is 2. The Bertz CT molecular complexity index is 1140. The number of amides is 2. The molecule has 1 N–H and O–H groups in total. The zero-order chi connectivity index (χ0) is 21.4. The van der Waals surface area contributed by atoms with E-state index >= 15 is 0 Å². The summed E-state index contributed by atoms with van der Waals surface area (Å²) >= 11 is 1.57. The summed E-state index contributed by atoms with van der Waals surface area (Å²) in [4.78, 5) is 30.8. The quantitative estimate of drug-likeness (QED) is 0.676. The van der Waals surface area contributed by atoms with Crippen LogP contribution < -0.4 is 10.2 Å². The number of hydrogen-bond donors (Lipinski definition) is 1. The van der Waals surface area contributed by atoms with Crippen molar-refractivity contribution in [1.82, 2.24) is 10.2 Å². The van der Waals surface area contributed by atoms with Crippen LogP contribution in [0.15, 0.2) is 48.5 Å². The molecule has 3 heterocycles. The lowest BCUT2D eigenvalue weighted by molar-refractivity contribution is -0.119. The number of aryl methyl sites for hydroxylation is 1. The molecule has 5 nitrogen and oxygen atoms in total. The maximum absolute atomic E-state index is 13.2. The summed E-state index contributed by atoms with van der Waals surface area (Å²) in [5.41, 5.74) is 3.49. The van der Waals surface area contributed by atoms with Gasteiger partial charge in [0, 0.05) is 36.4 Å². The fourth-order valence-electron chi connectivity index (χ4n) is 5.03. The van der Waals surface area contributed by atoms with Gasteiger partial charge in [0.05, 0.1) is 11.4 Å². The van der Waals surface area contributed by atoms with Gasteiger partial charge in [0.1, 0.15) is 0 Å². The molecule has 0 bridgehead atoms. The lowest BCUT2D eigenvalue weighted by Gasteiger charge is -2.31. The van der Waals surface area contributed by atoms with Crippen molar-refractivity contribution in [2.75, 3.05) is 38.1 Å². The van der Waals surface area contributed by atoms with Crippen molar-refractivity contribution in [2.45, 2.75) is 25.2 Å². The third-order valence-corrected chi connectivity index (χ3v) is 7.70. The van der Waals surface area contributed by atoms with Crippen molar-refractivity contribution in [1.29, 1.82) is 0 Å². The summed E-state index contributed by atoms with van der Waals surface area (Å²) in [5.74, 6) is 0.426. The van der Waals surface area contributed by atoms with Crippen LogP contribution >= 0.6 is 11.3 Å². The monoisotopic (exact) mass is 433 g/mol. The van der Waals surface area contributed by atoms with Gasteiger partial charge in [-0.1, -0.05) is 36.4 Å². The molecule has 1 atom stereocenters. The molecule has 0 aliphatic carbocycles. The van der Waals surface area contributed by atoms with Crippen LogP contribution in [-0.4, -0.2) is 49.9 Å². The van der Waals surface area contributed by atoms with Gasteiger partial charge in [-0.25, -0.2) is 0 Å². The molecule has 2 aromatic carbocycles. The number of benzene rings is 2. The van der Waals surface area contributed by atoms with Crippen molar-refractivity contribution in [3.05, 3.63) is 64.5 Å². The van der Waals surface area contributed by atoms with Crippen LogP contribution in [-0.2, 0) is 11.2 Å². The average molecular weight is 434 g/mol. The van der Waals surface area contributed by atoms with E-state index < -0.39 is 0 Å². The third-order valence-electron chi connectivity index (χ3n) is 6.52. The molecule has 2 aliphatic rings. The van der Waals surface area contributed by atoms with E-state index in [1.807, 2.05) is 29.2 Å². The Hall–Kier alpha value is -2.70. The highest BCUT2D eigenvalue weighted by Gasteiger charge is 2.32. The Morgan fingerprint density at radius 1 is 1.10 bits per heavy atom. The summed E-state index contributed by atoms with van der Waals surface area (Å²) in [6.45, 7) is 2.92. The molecule has 0 radical (unpaired) electrons. The first-order valence-corrected chi connectivity index (χ1v) is 11.8. The van der Waals surface area contributed by atoms with E-state index in [1.54, 1.807) is 18.4 Å². The van der Waals surface area contributed by atoms with Gasteiger partial charge in [0.15, 0.2) is 0 Å². The van der Waals surface area contributed by atoms with E-state index in [0.29, 0.717) is 6.54 Å². The van der Waals surface area contributed by atoms with Gasteiger partial charge in [-0.05, 0) is 54.5 Å². The molecular formula is C25H27N3O2S. The van der Waals surface area contributed by atoms with E-state index in [4.69, 9.17) is 0 Å². The van der Waals surface area contributed by atoms with E-state index in [-0.39, 0.29) is 17.7 Å². The normalized spacial score (nSPS) is 18.9. The highest BCUT2D eigenvalue weighted by molar-refractivity contribution is 7.21. The minimum atomic E-state index is -0.0179. The summed E-state index contributed by atoms with van der Waals surface area (Å²) < 4.78 is 1.15. The number of carbonyl (C=O) groups excluding carboxylic acids is 2. The minimum absolute atomic E-state index is 0.0179. The van der Waals surface area contributed by atoms with Crippen LogP contribution in [0.3, 0.4) is 0 Å². The first-order chi connectivity index (χ1) is 15.2. The molecule has 1 unspecified atom stereocenters. The molecule has 1 saturated heterocycles.